The van der Waals surface area contributed by atoms with Crippen LogP contribution < -0.4 is 0 Å². The Kier molecular flexibility index (Phi) is 3.00. The van der Waals surface area contributed by atoms with Gasteiger partial charge in [-0.3, -0.25) is 9.59 Å². The van der Waals surface area contributed by atoms with Crippen molar-refractivity contribution < 1.29 is 9.59 Å². The second kappa shape index (κ2) is 4.44. The van der Waals surface area contributed by atoms with Crippen molar-refractivity contribution in [1.29, 1.82) is 0 Å². The molecule has 1 aliphatic carbocycles. The third kappa shape index (κ3) is 1.83. The molecule has 0 spiro atoms. The predicted molar refractivity (Wildman–Crippen MR) is 62.3 cm³/mol. The Labute approximate surface area is 95.0 Å². The first-order valence-electron chi connectivity index (χ1n) is 5.48. The third-order valence-corrected chi connectivity index (χ3v) is 2.99. The van der Waals surface area contributed by atoms with Gasteiger partial charge < -0.3 is 0 Å². The number of ketones is 2. The highest BCUT2D eigenvalue weighted by Gasteiger charge is 2.34. The van der Waals surface area contributed by atoms with Gasteiger partial charge in [0.05, 0.1) is 0 Å². The lowest BCUT2D eigenvalue weighted by Crippen LogP contribution is -2.13. The largest absolute Gasteiger partial charge is 0.299 e. The zero-order valence-electron chi connectivity index (χ0n) is 9.11. The molecule has 0 radical (unpaired) electrons. The third-order valence-electron chi connectivity index (χ3n) is 2.99. The summed E-state index contributed by atoms with van der Waals surface area (Å²) in [4.78, 5) is 23.4. The molecule has 1 aliphatic rings. The van der Waals surface area contributed by atoms with E-state index in [1.165, 1.54) is 0 Å². The summed E-state index contributed by atoms with van der Waals surface area (Å²) in [5, 5.41) is 0. The Morgan fingerprint density at radius 1 is 1.19 bits per heavy atom. The van der Waals surface area contributed by atoms with Gasteiger partial charge in [-0.25, -0.2) is 0 Å². The van der Waals surface area contributed by atoms with Gasteiger partial charge in [-0.1, -0.05) is 30.3 Å². The van der Waals surface area contributed by atoms with E-state index in [2.05, 4.69) is 6.58 Å². The Morgan fingerprint density at radius 2 is 1.81 bits per heavy atom. The minimum absolute atomic E-state index is 0.0570. The van der Waals surface area contributed by atoms with Gasteiger partial charge >= 0.3 is 0 Å². The van der Waals surface area contributed by atoms with Crippen molar-refractivity contribution in [1.82, 2.24) is 0 Å². The summed E-state index contributed by atoms with van der Waals surface area (Å²) < 4.78 is 0. The molecule has 0 N–H and O–H groups in total. The fourth-order valence-corrected chi connectivity index (χ4v) is 2.22. The molecule has 1 aromatic carbocycles. The van der Waals surface area contributed by atoms with E-state index in [1.54, 1.807) is 6.08 Å². The van der Waals surface area contributed by atoms with Crippen LogP contribution in [-0.4, -0.2) is 11.6 Å². The molecular formula is C14H14O2. The van der Waals surface area contributed by atoms with Crippen molar-refractivity contribution in [3.8, 4) is 0 Å². The fourth-order valence-electron chi connectivity index (χ4n) is 2.22. The van der Waals surface area contributed by atoms with Gasteiger partial charge in [0.2, 0.25) is 0 Å². The van der Waals surface area contributed by atoms with Gasteiger partial charge in [0.25, 0.3) is 0 Å². The SMILES string of the molecule is C=CCc1ccccc1C1C(=O)CCC1=O. The van der Waals surface area contributed by atoms with Crippen molar-refractivity contribution in [2.75, 3.05) is 0 Å². The second-order valence-electron chi connectivity index (χ2n) is 4.06. The highest BCUT2D eigenvalue weighted by Crippen LogP contribution is 2.30. The molecule has 2 nitrogen and oxygen atoms in total. The summed E-state index contributed by atoms with van der Waals surface area (Å²) in [7, 11) is 0. The number of allylic oxidation sites excluding steroid dienone is 1. The summed E-state index contributed by atoms with van der Waals surface area (Å²) >= 11 is 0. The van der Waals surface area contributed by atoms with E-state index >= 15 is 0 Å². The molecule has 0 saturated heterocycles. The smallest absolute Gasteiger partial charge is 0.148 e. The van der Waals surface area contributed by atoms with Gasteiger partial charge in [0, 0.05) is 12.8 Å². The number of benzene rings is 1. The van der Waals surface area contributed by atoms with E-state index in [4.69, 9.17) is 0 Å². The quantitative estimate of drug-likeness (QED) is 0.572. The lowest BCUT2D eigenvalue weighted by Gasteiger charge is -2.12. The maximum absolute atomic E-state index is 11.7. The Morgan fingerprint density at radius 3 is 2.44 bits per heavy atom. The van der Waals surface area contributed by atoms with Crippen LogP contribution in [0.15, 0.2) is 36.9 Å². The van der Waals surface area contributed by atoms with E-state index in [9.17, 15) is 9.59 Å². The topological polar surface area (TPSA) is 34.1 Å². The summed E-state index contributed by atoms with van der Waals surface area (Å²) in [5.41, 5.74) is 1.90. The lowest BCUT2D eigenvalue weighted by atomic mass is 9.90. The number of hydrogen-bond donors (Lipinski definition) is 0. The van der Waals surface area contributed by atoms with Crippen LogP contribution in [-0.2, 0) is 16.0 Å². The van der Waals surface area contributed by atoms with E-state index in [1.807, 2.05) is 24.3 Å². The highest BCUT2D eigenvalue weighted by molar-refractivity contribution is 6.13. The standard InChI is InChI=1S/C14H14O2/c1-2-5-10-6-3-4-7-11(10)14-12(15)8-9-13(14)16/h2-4,6-7,14H,1,5,8-9H2. The van der Waals surface area contributed by atoms with Gasteiger partial charge in [0.1, 0.15) is 17.5 Å². The van der Waals surface area contributed by atoms with Gasteiger partial charge in [-0.15, -0.1) is 6.58 Å². The average molecular weight is 214 g/mol. The lowest BCUT2D eigenvalue weighted by molar-refractivity contribution is -0.123. The number of rotatable bonds is 3. The summed E-state index contributed by atoms with van der Waals surface area (Å²) in [6.07, 6.45) is 3.29. The van der Waals surface area contributed by atoms with Crippen molar-refractivity contribution in [2.24, 2.45) is 0 Å². The van der Waals surface area contributed by atoms with Crippen LogP contribution in [0.25, 0.3) is 0 Å². The minimum atomic E-state index is -0.517. The maximum Gasteiger partial charge on any atom is 0.148 e. The average Bonchev–Trinajstić information content (AvgIpc) is 2.60. The highest BCUT2D eigenvalue weighted by atomic mass is 16.2. The molecule has 0 heterocycles. The molecule has 2 rings (SSSR count). The second-order valence-corrected chi connectivity index (χ2v) is 4.06. The van der Waals surface area contributed by atoms with Crippen LogP contribution in [0, 0.1) is 0 Å². The molecular weight excluding hydrogens is 200 g/mol. The van der Waals surface area contributed by atoms with Gasteiger partial charge in [-0.05, 0) is 17.5 Å². The molecule has 0 unspecified atom stereocenters. The molecule has 1 aromatic rings. The Balaban J connectivity index is 2.42. The first kappa shape index (κ1) is 10.8. The molecule has 1 saturated carbocycles. The van der Waals surface area contributed by atoms with Gasteiger partial charge in [-0.2, -0.15) is 0 Å². The monoisotopic (exact) mass is 214 g/mol. The zero-order chi connectivity index (χ0) is 11.5. The van der Waals surface area contributed by atoms with Crippen LogP contribution in [0.1, 0.15) is 29.9 Å². The maximum atomic E-state index is 11.7. The first-order chi connectivity index (χ1) is 7.74. The summed E-state index contributed by atoms with van der Waals surface area (Å²) in [5.74, 6) is -0.404. The van der Waals surface area contributed by atoms with Crippen LogP contribution in [0.5, 0.6) is 0 Å². The number of carbonyl (C=O) groups is 2. The molecule has 0 aliphatic heterocycles. The molecule has 0 atom stereocenters. The number of Topliss-reactive ketones (excluding diaryl/α,β-unsaturated/α-hetero) is 2. The van der Waals surface area contributed by atoms with Crippen molar-refractivity contribution in [2.45, 2.75) is 25.2 Å². The zero-order valence-corrected chi connectivity index (χ0v) is 9.11. The van der Waals surface area contributed by atoms with Crippen LogP contribution in [0.4, 0.5) is 0 Å². The van der Waals surface area contributed by atoms with Crippen LogP contribution in [0.2, 0.25) is 0 Å². The van der Waals surface area contributed by atoms with Crippen molar-refractivity contribution >= 4 is 11.6 Å². The molecule has 0 amide bonds. The van der Waals surface area contributed by atoms with Crippen LogP contribution in [0.3, 0.4) is 0 Å². The molecule has 16 heavy (non-hydrogen) atoms. The van der Waals surface area contributed by atoms with Crippen molar-refractivity contribution in [3.63, 3.8) is 0 Å². The Bertz CT molecular complexity index is 430. The minimum Gasteiger partial charge on any atom is -0.299 e. The summed E-state index contributed by atoms with van der Waals surface area (Å²) in [6.45, 7) is 3.69. The number of carbonyl (C=O) groups excluding carboxylic acids is 2. The van der Waals surface area contributed by atoms with E-state index in [0.717, 1.165) is 11.1 Å². The molecule has 0 bridgehead atoms. The Hall–Kier alpha value is -1.70. The molecule has 0 aromatic heterocycles. The van der Waals surface area contributed by atoms with E-state index in [0.29, 0.717) is 19.3 Å². The number of hydrogen-bond acceptors (Lipinski definition) is 2. The first-order valence-corrected chi connectivity index (χ1v) is 5.48. The normalized spacial score (nSPS) is 16.8. The molecule has 1 fully saturated rings. The van der Waals surface area contributed by atoms with E-state index < -0.39 is 5.92 Å². The fraction of sp³-hybridized carbons (Fsp3) is 0.286. The van der Waals surface area contributed by atoms with Gasteiger partial charge in [0.15, 0.2) is 0 Å². The summed E-state index contributed by atoms with van der Waals surface area (Å²) in [6, 6.07) is 7.63. The predicted octanol–water partition coefficient (Wildman–Crippen LogP) is 2.43. The molecule has 82 valence electrons. The van der Waals surface area contributed by atoms with Crippen molar-refractivity contribution in [3.05, 3.63) is 48.0 Å². The van der Waals surface area contributed by atoms with E-state index in [-0.39, 0.29) is 11.6 Å². The molecule has 2 heteroatoms. The van der Waals surface area contributed by atoms with Crippen LogP contribution >= 0.6 is 0 Å².